The number of nitrogens with zero attached hydrogens (tertiary/aromatic N) is 1. The van der Waals surface area contributed by atoms with E-state index in [2.05, 4.69) is 21.5 Å². The molecule has 0 aliphatic rings. The molecule has 0 fully saturated rings. The van der Waals surface area contributed by atoms with Crippen molar-refractivity contribution in [2.45, 2.75) is 6.10 Å². The van der Waals surface area contributed by atoms with Gasteiger partial charge in [0.1, 0.15) is 11.6 Å². The molecule has 0 saturated carbocycles. The first-order valence-electron chi connectivity index (χ1n) is 6.95. The van der Waals surface area contributed by atoms with Gasteiger partial charge >= 0.3 is 0 Å². The summed E-state index contributed by atoms with van der Waals surface area (Å²) in [6, 6.07) is 8.98. The summed E-state index contributed by atoms with van der Waals surface area (Å²) in [5.74, 6) is 2.10. The van der Waals surface area contributed by atoms with Crippen molar-refractivity contribution < 1.29 is 14.3 Å². The molecule has 0 bridgehead atoms. The Morgan fingerprint density at radius 3 is 2.87 bits per heavy atom. The van der Waals surface area contributed by atoms with Gasteiger partial charge in [0.2, 0.25) is 0 Å². The quantitative estimate of drug-likeness (QED) is 0.710. The number of pyridine rings is 1. The second-order valence-electron chi connectivity index (χ2n) is 4.77. The predicted molar refractivity (Wildman–Crippen MR) is 85.3 cm³/mol. The molecule has 1 atom stereocenters. The average molecular weight is 313 g/mol. The fourth-order valence-electron chi connectivity index (χ4n) is 1.90. The first kappa shape index (κ1) is 16.5. The second kappa shape index (κ2) is 7.92. The summed E-state index contributed by atoms with van der Waals surface area (Å²) in [6.45, 7) is 0.317. The smallest absolute Gasteiger partial charge is 0.253 e. The summed E-state index contributed by atoms with van der Waals surface area (Å²) < 4.78 is 13.1. The van der Waals surface area contributed by atoms with Crippen molar-refractivity contribution in [2.24, 2.45) is 0 Å². The van der Waals surface area contributed by atoms with Gasteiger partial charge in [-0.15, -0.1) is 6.42 Å². The summed E-state index contributed by atoms with van der Waals surface area (Å²) in [5, 5.41) is 15.5. The summed E-state index contributed by atoms with van der Waals surface area (Å²) in [5.41, 5.74) is 0.860. The topological polar surface area (TPSA) is 74.2 Å². The van der Waals surface area contributed by atoms with E-state index in [-0.39, 0.29) is 19.0 Å². The number of nitrogens with one attached hydrogen (secondary N) is 2. The fraction of sp³-hybridized carbons (Fsp3) is 0.176. The second-order valence-corrected chi connectivity index (χ2v) is 4.77. The molecule has 6 heteroatoms. The van der Waals surface area contributed by atoms with E-state index >= 15 is 0 Å². The number of hydrogen-bond donors (Lipinski definition) is 3. The van der Waals surface area contributed by atoms with Crippen LogP contribution in [-0.2, 0) is 0 Å². The van der Waals surface area contributed by atoms with Gasteiger partial charge in [-0.25, -0.2) is 9.37 Å². The van der Waals surface area contributed by atoms with Crippen molar-refractivity contribution in [3.63, 3.8) is 0 Å². The molecule has 0 radical (unpaired) electrons. The van der Waals surface area contributed by atoms with Crippen LogP contribution in [0, 0.1) is 18.2 Å². The Hall–Kier alpha value is -2.91. The third-order valence-corrected chi connectivity index (χ3v) is 3.09. The van der Waals surface area contributed by atoms with Crippen LogP contribution in [0.3, 0.4) is 0 Å². The lowest BCUT2D eigenvalue weighted by atomic mass is 10.1. The van der Waals surface area contributed by atoms with Gasteiger partial charge in [-0.2, -0.15) is 0 Å². The molecule has 2 aromatic rings. The van der Waals surface area contributed by atoms with Crippen LogP contribution >= 0.6 is 0 Å². The Labute approximate surface area is 133 Å². The Bertz CT molecular complexity index is 711. The molecular formula is C17H16FN3O2. The molecule has 2 rings (SSSR count). The van der Waals surface area contributed by atoms with E-state index in [1.54, 1.807) is 18.2 Å². The predicted octanol–water partition coefficient (Wildman–Crippen LogP) is 1.73. The van der Waals surface area contributed by atoms with Crippen LogP contribution in [-0.4, -0.2) is 29.1 Å². The number of carbonyl (C=O) groups is 1. The number of halogens is 1. The fourth-order valence-corrected chi connectivity index (χ4v) is 1.90. The summed E-state index contributed by atoms with van der Waals surface area (Å²) in [7, 11) is 0. The molecular weight excluding hydrogens is 297 g/mol. The van der Waals surface area contributed by atoms with Crippen molar-refractivity contribution in [3.8, 4) is 12.3 Å². The highest BCUT2D eigenvalue weighted by molar-refractivity contribution is 5.94. The first-order chi connectivity index (χ1) is 11.1. The number of hydrogen-bond acceptors (Lipinski definition) is 4. The van der Waals surface area contributed by atoms with Gasteiger partial charge in [0, 0.05) is 12.7 Å². The minimum absolute atomic E-state index is 0.151. The van der Waals surface area contributed by atoms with Crippen LogP contribution in [0.2, 0.25) is 0 Å². The van der Waals surface area contributed by atoms with Crippen LogP contribution in [0.15, 0.2) is 42.6 Å². The minimum Gasteiger partial charge on any atom is -0.387 e. The molecule has 1 aromatic heterocycles. The van der Waals surface area contributed by atoms with Crippen molar-refractivity contribution >= 4 is 11.7 Å². The molecule has 118 valence electrons. The van der Waals surface area contributed by atoms with E-state index in [4.69, 9.17) is 6.42 Å². The zero-order chi connectivity index (χ0) is 16.7. The number of aromatic nitrogens is 1. The highest BCUT2D eigenvalue weighted by atomic mass is 19.1. The Morgan fingerprint density at radius 2 is 2.22 bits per heavy atom. The van der Waals surface area contributed by atoms with Gasteiger partial charge in [-0.1, -0.05) is 18.1 Å². The standard InChI is InChI=1S/C17H16FN3O2/c1-2-8-19-17(23)13-6-7-16(20-10-13)21-11-15(22)12-4-3-5-14(18)9-12/h1,3-7,9-10,15,22H,8,11H2,(H,19,23)(H,20,21)/t15-/m1/s1. The molecule has 5 nitrogen and oxygen atoms in total. The Balaban J connectivity index is 1.91. The van der Waals surface area contributed by atoms with Crippen molar-refractivity contribution in [2.75, 3.05) is 18.4 Å². The zero-order valence-corrected chi connectivity index (χ0v) is 12.3. The molecule has 1 aromatic carbocycles. The number of aliphatic hydroxyl groups is 1. The molecule has 0 spiro atoms. The van der Waals surface area contributed by atoms with Crippen LogP contribution in [0.5, 0.6) is 0 Å². The van der Waals surface area contributed by atoms with Crippen molar-refractivity contribution in [1.29, 1.82) is 0 Å². The van der Waals surface area contributed by atoms with Gasteiger partial charge in [0.15, 0.2) is 0 Å². The van der Waals surface area contributed by atoms with Crippen LogP contribution < -0.4 is 10.6 Å². The average Bonchev–Trinajstić information content (AvgIpc) is 2.58. The number of carbonyl (C=O) groups excluding carboxylic acids is 1. The van der Waals surface area contributed by atoms with Crippen molar-refractivity contribution in [3.05, 3.63) is 59.5 Å². The van der Waals surface area contributed by atoms with E-state index in [1.165, 1.54) is 24.4 Å². The van der Waals surface area contributed by atoms with E-state index < -0.39 is 11.9 Å². The van der Waals surface area contributed by atoms with E-state index in [1.807, 2.05) is 0 Å². The van der Waals surface area contributed by atoms with Gasteiger partial charge in [-0.3, -0.25) is 4.79 Å². The van der Waals surface area contributed by atoms with Gasteiger partial charge in [0.25, 0.3) is 5.91 Å². The van der Waals surface area contributed by atoms with Crippen LogP contribution in [0.1, 0.15) is 22.0 Å². The summed E-state index contributed by atoms with van der Waals surface area (Å²) in [4.78, 5) is 15.7. The molecule has 1 heterocycles. The maximum absolute atomic E-state index is 13.1. The zero-order valence-electron chi connectivity index (χ0n) is 12.3. The van der Waals surface area contributed by atoms with Gasteiger partial charge < -0.3 is 15.7 Å². The maximum Gasteiger partial charge on any atom is 0.253 e. The Morgan fingerprint density at radius 1 is 1.39 bits per heavy atom. The lowest BCUT2D eigenvalue weighted by molar-refractivity contribution is 0.0958. The third kappa shape index (κ3) is 4.80. The molecule has 0 unspecified atom stereocenters. The van der Waals surface area contributed by atoms with E-state index in [0.717, 1.165) is 0 Å². The molecule has 1 amide bonds. The van der Waals surface area contributed by atoms with E-state index in [0.29, 0.717) is 16.9 Å². The SMILES string of the molecule is C#CCNC(=O)c1ccc(NC[C@@H](O)c2cccc(F)c2)nc1. The van der Waals surface area contributed by atoms with Crippen LogP contribution in [0.4, 0.5) is 10.2 Å². The lowest BCUT2D eigenvalue weighted by Crippen LogP contribution is -2.23. The largest absolute Gasteiger partial charge is 0.387 e. The Kier molecular flexibility index (Phi) is 5.67. The highest BCUT2D eigenvalue weighted by Crippen LogP contribution is 2.15. The number of benzene rings is 1. The summed E-state index contributed by atoms with van der Waals surface area (Å²) in [6.07, 6.45) is 5.60. The number of terminal acetylenes is 1. The lowest BCUT2D eigenvalue weighted by Gasteiger charge is -2.13. The molecule has 0 saturated heterocycles. The normalized spacial score (nSPS) is 11.3. The number of amides is 1. The van der Waals surface area contributed by atoms with Crippen LogP contribution in [0.25, 0.3) is 0 Å². The number of rotatable bonds is 6. The highest BCUT2D eigenvalue weighted by Gasteiger charge is 2.09. The number of anilines is 1. The third-order valence-electron chi connectivity index (χ3n) is 3.09. The van der Waals surface area contributed by atoms with Crippen molar-refractivity contribution in [1.82, 2.24) is 10.3 Å². The summed E-state index contributed by atoms with van der Waals surface area (Å²) >= 11 is 0. The van der Waals surface area contributed by atoms with Gasteiger partial charge in [0.05, 0.1) is 18.2 Å². The van der Waals surface area contributed by atoms with Gasteiger partial charge in [-0.05, 0) is 29.8 Å². The minimum atomic E-state index is -0.869. The van der Waals surface area contributed by atoms with E-state index in [9.17, 15) is 14.3 Å². The monoisotopic (exact) mass is 313 g/mol. The maximum atomic E-state index is 13.1. The molecule has 0 aliphatic heterocycles. The first-order valence-corrected chi connectivity index (χ1v) is 6.95. The molecule has 3 N–H and O–H groups in total. The molecule has 23 heavy (non-hydrogen) atoms. The number of aliphatic hydroxyl groups excluding tert-OH is 1. The molecule has 0 aliphatic carbocycles.